The molecule has 4 nitrogen and oxygen atoms in total. The summed E-state index contributed by atoms with van der Waals surface area (Å²) < 4.78 is 37.3. The van der Waals surface area contributed by atoms with Crippen LogP contribution in [0, 0.1) is 0 Å². The van der Waals surface area contributed by atoms with Crippen molar-refractivity contribution in [1.29, 1.82) is 0 Å². The fourth-order valence-electron chi connectivity index (χ4n) is 0.889. The van der Waals surface area contributed by atoms with Crippen LogP contribution in [-0.2, 0) is 6.18 Å². The van der Waals surface area contributed by atoms with E-state index in [1.807, 2.05) is 0 Å². The lowest BCUT2D eigenvalue weighted by atomic mass is 10.2. The summed E-state index contributed by atoms with van der Waals surface area (Å²) in [4.78, 5) is 0. The highest BCUT2D eigenvalue weighted by Crippen LogP contribution is 2.34. The van der Waals surface area contributed by atoms with Gasteiger partial charge in [0, 0.05) is 6.54 Å². The molecule has 0 aromatic carbocycles. The summed E-state index contributed by atoms with van der Waals surface area (Å²) in [5, 5.41) is 17.0. The first-order chi connectivity index (χ1) is 6.95. The molecule has 15 heavy (non-hydrogen) atoms. The maximum absolute atomic E-state index is 12.4. The molecule has 1 rings (SSSR count). The predicted octanol–water partition coefficient (Wildman–Crippen LogP) is 1.55. The van der Waals surface area contributed by atoms with Crippen LogP contribution < -0.4 is 5.32 Å². The van der Waals surface area contributed by atoms with Gasteiger partial charge in [-0.25, -0.2) is 0 Å². The van der Waals surface area contributed by atoms with Gasteiger partial charge in [-0.3, -0.25) is 0 Å². The Hall–Kier alpha value is -1.08. The Morgan fingerprint density at radius 2 is 2.07 bits per heavy atom. The van der Waals surface area contributed by atoms with E-state index in [0.717, 1.165) is 0 Å². The van der Waals surface area contributed by atoms with Crippen LogP contribution in [0.4, 0.5) is 19.0 Å². The second kappa shape index (κ2) is 4.63. The number of aliphatic hydroxyl groups excluding tert-OH is 1. The van der Waals surface area contributed by atoms with Gasteiger partial charge in [-0.05, 0) is 6.07 Å². The zero-order chi connectivity index (χ0) is 11.5. The Balaban J connectivity index is 3.04. The lowest BCUT2D eigenvalue weighted by Gasteiger charge is -2.11. The molecule has 0 atom stereocenters. The fourth-order valence-corrected chi connectivity index (χ4v) is 1.04. The first-order valence-corrected chi connectivity index (χ1v) is 4.28. The van der Waals surface area contributed by atoms with Crippen LogP contribution in [0.25, 0.3) is 0 Å². The quantitative estimate of drug-likeness (QED) is 0.843. The van der Waals surface area contributed by atoms with Crippen molar-refractivity contribution < 1.29 is 18.3 Å². The van der Waals surface area contributed by atoms with Gasteiger partial charge >= 0.3 is 6.18 Å². The maximum atomic E-state index is 12.4. The summed E-state index contributed by atoms with van der Waals surface area (Å²) >= 11 is 5.31. The van der Waals surface area contributed by atoms with Crippen molar-refractivity contribution in [1.82, 2.24) is 10.2 Å². The highest BCUT2D eigenvalue weighted by molar-refractivity contribution is 6.29. The molecule has 0 aliphatic heterocycles. The molecule has 0 spiro atoms. The molecule has 1 aromatic heterocycles. The third-order valence-corrected chi connectivity index (χ3v) is 1.66. The Morgan fingerprint density at radius 1 is 1.40 bits per heavy atom. The SMILES string of the molecule is OCCNc1nnc(Cl)cc1C(F)(F)F. The van der Waals surface area contributed by atoms with E-state index < -0.39 is 17.6 Å². The molecule has 0 amide bonds. The molecule has 0 saturated heterocycles. The van der Waals surface area contributed by atoms with Crippen molar-refractivity contribution in [2.45, 2.75) is 6.18 Å². The average molecular weight is 242 g/mol. The Morgan fingerprint density at radius 3 is 2.60 bits per heavy atom. The highest BCUT2D eigenvalue weighted by Gasteiger charge is 2.35. The molecule has 1 heterocycles. The van der Waals surface area contributed by atoms with Gasteiger partial charge in [-0.1, -0.05) is 11.6 Å². The van der Waals surface area contributed by atoms with Crippen LogP contribution in [0.15, 0.2) is 6.07 Å². The number of aromatic nitrogens is 2. The van der Waals surface area contributed by atoms with E-state index in [1.54, 1.807) is 0 Å². The monoisotopic (exact) mass is 241 g/mol. The second-order valence-electron chi connectivity index (χ2n) is 2.58. The van der Waals surface area contributed by atoms with E-state index in [-0.39, 0.29) is 18.3 Å². The van der Waals surface area contributed by atoms with E-state index >= 15 is 0 Å². The normalized spacial score (nSPS) is 11.5. The Bertz CT molecular complexity index is 345. The minimum atomic E-state index is -4.56. The third-order valence-electron chi connectivity index (χ3n) is 1.47. The fraction of sp³-hybridized carbons (Fsp3) is 0.429. The van der Waals surface area contributed by atoms with Crippen molar-refractivity contribution in [3.8, 4) is 0 Å². The number of nitrogens with zero attached hydrogens (tertiary/aromatic N) is 2. The number of nitrogens with one attached hydrogen (secondary N) is 1. The standard InChI is InChI=1S/C7H7ClF3N3O/c8-5-3-4(7(9,10)11)6(14-13-5)12-1-2-15/h3,15H,1-2H2,(H,12,14). The summed E-state index contributed by atoms with van der Waals surface area (Å²) in [7, 11) is 0. The number of rotatable bonds is 3. The van der Waals surface area contributed by atoms with Crippen LogP contribution >= 0.6 is 11.6 Å². The first-order valence-electron chi connectivity index (χ1n) is 3.90. The molecule has 0 unspecified atom stereocenters. The lowest BCUT2D eigenvalue weighted by molar-refractivity contribution is -0.137. The van der Waals surface area contributed by atoms with E-state index in [4.69, 9.17) is 16.7 Å². The largest absolute Gasteiger partial charge is 0.420 e. The molecule has 0 bridgehead atoms. The van der Waals surface area contributed by atoms with Crippen LogP contribution in [0.1, 0.15) is 5.56 Å². The summed E-state index contributed by atoms with van der Waals surface area (Å²) in [6, 6.07) is 0.675. The highest BCUT2D eigenvalue weighted by atomic mass is 35.5. The van der Waals surface area contributed by atoms with Crippen LogP contribution in [0.5, 0.6) is 0 Å². The molecule has 8 heteroatoms. The van der Waals surface area contributed by atoms with Gasteiger partial charge in [0.2, 0.25) is 0 Å². The lowest BCUT2D eigenvalue weighted by Crippen LogP contribution is -2.15. The minimum Gasteiger partial charge on any atom is -0.395 e. The van der Waals surface area contributed by atoms with Gasteiger partial charge in [0.15, 0.2) is 11.0 Å². The maximum Gasteiger partial charge on any atom is 0.420 e. The Labute approximate surface area is 88.1 Å². The van der Waals surface area contributed by atoms with Crippen LogP contribution in [0.2, 0.25) is 5.15 Å². The molecule has 84 valence electrons. The van der Waals surface area contributed by atoms with Crippen LogP contribution in [-0.4, -0.2) is 28.5 Å². The molecular formula is C7H7ClF3N3O. The molecule has 1 aromatic rings. The van der Waals surface area contributed by atoms with Gasteiger partial charge in [0.25, 0.3) is 0 Å². The second-order valence-corrected chi connectivity index (χ2v) is 2.96. The molecule has 0 fully saturated rings. The molecule has 0 radical (unpaired) electrons. The molecule has 0 saturated carbocycles. The van der Waals surface area contributed by atoms with Gasteiger partial charge in [0.1, 0.15) is 5.56 Å². The van der Waals surface area contributed by atoms with Gasteiger partial charge < -0.3 is 10.4 Å². The zero-order valence-corrected chi connectivity index (χ0v) is 8.10. The molecule has 0 aliphatic carbocycles. The molecule has 0 aliphatic rings. The summed E-state index contributed by atoms with van der Waals surface area (Å²) in [6.45, 7) is -0.346. The van der Waals surface area contributed by atoms with Crippen molar-refractivity contribution in [2.24, 2.45) is 0 Å². The topological polar surface area (TPSA) is 58.0 Å². The summed E-state index contributed by atoms with van der Waals surface area (Å²) in [6.07, 6.45) is -4.56. The van der Waals surface area contributed by atoms with E-state index in [9.17, 15) is 13.2 Å². The number of halogens is 4. The molecular weight excluding hydrogens is 235 g/mol. The number of alkyl halides is 3. The van der Waals surface area contributed by atoms with Crippen molar-refractivity contribution in [2.75, 3.05) is 18.5 Å². The van der Waals surface area contributed by atoms with Crippen molar-refractivity contribution >= 4 is 17.4 Å². The predicted molar refractivity (Wildman–Crippen MR) is 47.6 cm³/mol. The third kappa shape index (κ3) is 3.21. The summed E-state index contributed by atoms with van der Waals surface area (Å²) in [5.74, 6) is -0.444. The Kier molecular flexibility index (Phi) is 3.70. The van der Waals surface area contributed by atoms with E-state index in [0.29, 0.717) is 6.07 Å². The van der Waals surface area contributed by atoms with Gasteiger partial charge in [-0.15, -0.1) is 10.2 Å². The zero-order valence-electron chi connectivity index (χ0n) is 7.35. The van der Waals surface area contributed by atoms with Crippen molar-refractivity contribution in [3.63, 3.8) is 0 Å². The van der Waals surface area contributed by atoms with Crippen LogP contribution in [0.3, 0.4) is 0 Å². The average Bonchev–Trinajstić information content (AvgIpc) is 2.14. The van der Waals surface area contributed by atoms with E-state index in [2.05, 4.69) is 15.5 Å². The number of hydrogen-bond donors (Lipinski definition) is 2. The first kappa shape index (κ1) is 12.0. The summed E-state index contributed by atoms with van der Waals surface area (Å²) in [5.41, 5.74) is -1.00. The minimum absolute atomic E-state index is 0.0423. The number of anilines is 1. The van der Waals surface area contributed by atoms with Gasteiger partial charge in [0.05, 0.1) is 6.61 Å². The number of hydrogen-bond acceptors (Lipinski definition) is 4. The molecule has 2 N–H and O–H groups in total. The smallest absolute Gasteiger partial charge is 0.395 e. The van der Waals surface area contributed by atoms with E-state index in [1.165, 1.54) is 0 Å². The van der Waals surface area contributed by atoms with Crippen molar-refractivity contribution in [3.05, 3.63) is 16.8 Å². The van der Waals surface area contributed by atoms with Gasteiger partial charge in [-0.2, -0.15) is 13.2 Å². The number of aliphatic hydroxyl groups is 1.